The highest BCUT2D eigenvalue weighted by Crippen LogP contribution is 2.18. The highest BCUT2D eigenvalue weighted by molar-refractivity contribution is 8.05. The minimum absolute atomic E-state index is 1.29. The molecule has 1 heteroatoms. The van der Waals surface area contributed by atoms with E-state index in [0.717, 1.165) is 0 Å². The number of aryl methyl sites for hydroxylation is 1. The maximum atomic E-state index is 3.66. The minimum atomic E-state index is 1.29. The topological polar surface area (TPSA) is 0 Å². The van der Waals surface area contributed by atoms with Crippen LogP contribution in [-0.2, 0) is 0 Å². The van der Waals surface area contributed by atoms with E-state index >= 15 is 0 Å². The fourth-order valence-electron chi connectivity index (χ4n) is 1.11. The van der Waals surface area contributed by atoms with Crippen LogP contribution in [0.25, 0.3) is 5.57 Å². The largest absolute Gasteiger partial charge is 0.106 e. The summed E-state index contributed by atoms with van der Waals surface area (Å²) in [5, 5.41) is 3.95. The lowest BCUT2D eigenvalue weighted by Crippen LogP contribution is -1.79. The van der Waals surface area contributed by atoms with Crippen molar-refractivity contribution in [1.29, 1.82) is 0 Å². The van der Waals surface area contributed by atoms with Crippen LogP contribution in [0.2, 0.25) is 0 Å². The standard InChI is InChI=1S/C12H14S/c1-4-13-9-11(3)12-7-5-6-10(2)8-12/h4-9H,1H2,2-3H3/b11-9+. The smallest absolute Gasteiger partial charge is 0.0213 e. The third-order valence-corrected chi connectivity index (χ3v) is 2.50. The molecule has 0 bridgehead atoms. The summed E-state index contributed by atoms with van der Waals surface area (Å²) in [5.74, 6) is 0. The summed E-state index contributed by atoms with van der Waals surface area (Å²) in [4.78, 5) is 0. The number of thioether (sulfide) groups is 1. The lowest BCUT2D eigenvalue weighted by atomic mass is 10.1. The van der Waals surface area contributed by atoms with Crippen molar-refractivity contribution >= 4 is 17.3 Å². The maximum absolute atomic E-state index is 3.66. The fourth-order valence-corrected chi connectivity index (χ4v) is 1.54. The van der Waals surface area contributed by atoms with Crippen molar-refractivity contribution in [2.75, 3.05) is 0 Å². The van der Waals surface area contributed by atoms with Crippen LogP contribution in [0, 0.1) is 6.92 Å². The van der Waals surface area contributed by atoms with Crippen LogP contribution in [0.15, 0.2) is 41.7 Å². The van der Waals surface area contributed by atoms with Crippen molar-refractivity contribution in [2.45, 2.75) is 13.8 Å². The van der Waals surface area contributed by atoms with Gasteiger partial charge in [-0.15, -0.1) is 11.8 Å². The SMILES string of the molecule is C=CS/C=C(\C)c1cccc(C)c1. The third kappa shape index (κ3) is 3.11. The second kappa shape index (κ2) is 4.93. The molecular formula is C12H14S. The van der Waals surface area contributed by atoms with Gasteiger partial charge < -0.3 is 0 Å². The average molecular weight is 190 g/mol. The molecule has 13 heavy (non-hydrogen) atoms. The quantitative estimate of drug-likeness (QED) is 0.687. The highest BCUT2D eigenvalue weighted by Gasteiger charge is 1.94. The molecule has 0 N–H and O–H groups in total. The van der Waals surface area contributed by atoms with E-state index in [4.69, 9.17) is 0 Å². The van der Waals surface area contributed by atoms with Gasteiger partial charge in [0.25, 0.3) is 0 Å². The molecule has 0 unspecified atom stereocenters. The normalized spacial score (nSPS) is 11.4. The molecule has 0 radical (unpaired) electrons. The van der Waals surface area contributed by atoms with Gasteiger partial charge in [-0.25, -0.2) is 0 Å². The monoisotopic (exact) mass is 190 g/mol. The molecule has 0 fully saturated rings. The maximum Gasteiger partial charge on any atom is -0.0213 e. The van der Waals surface area contributed by atoms with E-state index in [1.54, 1.807) is 11.8 Å². The van der Waals surface area contributed by atoms with Crippen molar-refractivity contribution in [2.24, 2.45) is 0 Å². The van der Waals surface area contributed by atoms with Crippen molar-refractivity contribution in [3.63, 3.8) is 0 Å². The Morgan fingerprint density at radius 1 is 1.46 bits per heavy atom. The van der Waals surface area contributed by atoms with Crippen LogP contribution in [0.4, 0.5) is 0 Å². The second-order valence-corrected chi connectivity index (χ2v) is 3.81. The zero-order valence-corrected chi connectivity index (χ0v) is 8.90. The molecule has 0 nitrogen and oxygen atoms in total. The molecule has 0 saturated carbocycles. The van der Waals surface area contributed by atoms with E-state index in [1.807, 2.05) is 5.41 Å². The second-order valence-electron chi connectivity index (χ2n) is 2.97. The molecule has 0 amide bonds. The molecule has 0 spiro atoms. The van der Waals surface area contributed by atoms with Crippen molar-refractivity contribution < 1.29 is 0 Å². The van der Waals surface area contributed by atoms with Gasteiger partial charge in [-0.3, -0.25) is 0 Å². The van der Waals surface area contributed by atoms with E-state index < -0.39 is 0 Å². The minimum Gasteiger partial charge on any atom is -0.106 e. The van der Waals surface area contributed by atoms with Gasteiger partial charge in [-0.05, 0) is 35.8 Å². The number of rotatable bonds is 3. The molecule has 0 aliphatic carbocycles. The number of hydrogen-bond donors (Lipinski definition) is 0. The summed E-state index contributed by atoms with van der Waals surface area (Å²) in [7, 11) is 0. The zero-order chi connectivity index (χ0) is 9.68. The average Bonchev–Trinajstić information content (AvgIpc) is 2.14. The van der Waals surface area contributed by atoms with Crippen LogP contribution < -0.4 is 0 Å². The van der Waals surface area contributed by atoms with Gasteiger partial charge in [0.05, 0.1) is 0 Å². The first-order chi connectivity index (χ1) is 6.24. The summed E-state index contributed by atoms with van der Waals surface area (Å²) in [5.41, 5.74) is 3.87. The Hall–Kier alpha value is -0.950. The molecule has 1 aromatic carbocycles. The summed E-state index contributed by atoms with van der Waals surface area (Å²) in [6.45, 7) is 7.89. The van der Waals surface area contributed by atoms with Gasteiger partial charge in [-0.2, -0.15) is 0 Å². The number of allylic oxidation sites excluding steroid dienone is 1. The molecule has 1 rings (SSSR count). The van der Waals surface area contributed by atoms with Crippen LogP contribution in [0.5, 0.6) is 0 Å². The molecule has 0 aliphatic heterocycles. The Bertz CT molecular complexity index is 324. The molecule has 0 atom stereocenters. The molecule has 0 heterocycles. The third-order valence-electron chi connectivity index (χ3n) is 1.81. The Morgan fingerprint density at radius 2 is 2.23 bits per heavy atom. The lowest BCUT2D eigenvalue weighted by Gasteiger charge is -2.01. The summed E-state index contributed by atoms with van der Waals surface area (Å²) in [6.07, 6.45) is 0. The number of hydrogen-bond acceptors (Lipinski definition) is 1. The molecule has 68 valence electrons. The van der Waals surface area contributed by atoms with Crippen LogP contribution in [0.1, 0.15) is 18.1 Å². The Balaban J connectivity index is 2.88. The van der Waals surface area contributed by atoms with E-state index in [1.165, 1.54) is 16.7 Å². The lowest BCUT2D eigenvalue weighted by molar-refractivity contribution is 1.44. The van der Waals surface area contributed by atoms with E-state index in [-0.39, 0.29) is 0 Å². The van der Waals surface area contributed by atoms with Crippen molar-refractivity contribution in [1.82, 2.24) is 0 Å². The summed E-state index contributed by atoms with van der Waals surface area (Å²) in [6, 6.07) is 8.51. The first-order valence-corrected chi connectivity index (χ1v) is 5.18. The molecule has 1 aromatic rings. The first kappa shape index (κ1) is 10.1. The Morgan fingerprint density at radius 3 is 2.85 bits per heavy atom. The molecular weight excluding hydrogens is 176 g/mol. The van der Waals surface area contributed by atoms with E-state index in [2.05, 4.69) is 50.1 Å². The molecule has 0 aromatic heterocycles. The predicted octanol–water partition coefficient (Wildman–Crippen LogP) is 4.23. The van der Waals surface area contributed by atoms with E-state index in [9.17, 15) is 0 Å². The summed E-state index contributed by atoms with van der Waals surface area (Å²) >= 11 is 1.62. The van der Waals surface area contributed by atoms with Gasteiger partial charge in [-0.1, -0.05) is 36.4 Å². The van der Waals surface area contributed by atoms with Gasteiger partial charge in [0, 0.05) is 0 Å². The van der Waals surface area contributed by atoms with Crippen LogP contribution in [-0.4, -0.2) is 0 Å². The highest BCUT2D eigenvalue weighted by atomic mass is 32.2. The molecule has 0 saturated heterocycles. The summed E-state index contributed by atoms with van der Waals surface area (Å²) < 4.78 is 0. The number of benzene rings is 1. The van der Waals surface area contributed by atoms with Gasteiger partial charge in [0.15, 0.2) is 0 Å². The van der Waals surface area contributed by atoms with Gasteiger partial charge in [0.1, 0.15) is 0 Å². The Kier molecular flexibility index (Phi) is 3.84. The Labute approximate surface area is 84.4 Å². The molecule has 0 aliphatic rings. The van der Waals surface area contributed by atoms with Crippen molar-refractivity contribution in [3.05, 3.63) is 52.8 Å². The van der Waals surface area contributed by atoms with Gasteiger partial charge in [0.2, 0.25) is 0 Å². The van der Waals surface area contributed by atoms with Crippen LogP contribution >= 0.6 is 11.8 Å². The van der Waals surface area contributed by atoms with Crippen molar-refractivity contribution in [3.8, 4) is 0 Å². The fraction of sp³-hybridized carbons (Fsp3) is 0.167. The van der Waals surface area contributed by atoms with E-state index in [0.29, 0.717) is 0 Å². The van der Waals surface area contributed by atoms with Gasteiger partial charge >= 0.3 is 0 Å². The first-order valence-electron chi connectivity index (χ1n) is 4.24. The zero-order valence-electron chi connectivity index (χ0n) is 8.08. The predicted molar refractivity (Wildman–Crippen MR) is 62.6 cm³/mol. The van der Waals surface area contributed by atoms with Crippen LogP contribution in [0.3, 0.4) is 0 Å².